The summed E-state index contributed by atoms with van der Waals surface area (Å²) >= 11 is 0. The molecule has 0 saturated carbocycles. The number of aromatic nitrogens is 4. The zero-order valence-electron chi connectivity index (χ0n) is 8.89. The van der Waals surface area contributed by atoms with E-state index in [2.05, 4.69) is 15.5 Å². The molecule has 0 aliphatic carbocycles. The molecule has 6 nitrogen and oxygen atoms in total. The third-order valence-corrected chi connectivity index (χ3v) is 2.55. The highest BCUT2D eigenvalue weighted by Gasteiger charge is 2.34. The Morgan fingerprint density at radius 3 is 2.69 bits per heavy atom. The van der Waals surface area contributed by atoms with Gasteiger partial charge in [0.25, 0.3) is 6.43 Å². The second-order valence-corrected chi connectivity index (χ2v) is 3.71. The maximum atomic E-state index is 12.4. The van der Waals surface area contributed by atoms with Crippen LogP contribution in [0.25, 0.3) is 0 Å². The van der Waals surface area contributed by atoms with E-state index in [1.807, 2.05) is 0 Å². The van der Waals surface area contributed by atoms with E-state index >= 15 is 0 Å². The Bertz CT molecular complexity index is 382. The number of carboxylic acids is 1. The van der Waals surface area contributed by atoms with Crippen LogP contribution in [-0.4, -0.2) is 31.3 Å². The Hall–Kier alpha value is -1.60. The summed E-state index contributed by atoms with van der Waals surface area (Å²) in [4.78, 5) is 11.0. The van der Waals surface area contributed by atoms with Crippen molar-refractivity contribution in [2.75, 3.05) is 0 Å². The molecule has 0 aliphatic rings. The first-order valence-corrected chi connectivity index (χ1v) is 4.68. The van der Waals surface area contributed by atoms with Crippen LogP contribution in [0.2, 0.25) is 0 Å². The smallest absolute Gasteiger partial charge is 0.311 e. The van der Waals surface area contributed by atoms with Crippen molar-refractivity contribution in [3.63, 3.8) is 0 Å². The predicted octanol–water partition coefficient (Wildman–Crippen LogP) is 1.11. The molecule has 0 radical (unpaired) electrons. The molecular weight excluding hydrogens is 222 g/mol. The topological polar surface area (TPSA) is 80.9 Å². The van der Waals surface area contributed by atoms with E-state index in [0.717, 1.165) is 4.68 Å². The molecule has 0 amide bonds. The van der Waals surface area contributed by atoms with Gasteiger partial charge in [-0.2, -0.15) is 0 Å². The molecule has 1 aromatic rings. The molecule has 90 valence electrons. The molecule has 0 aliphatic heterocycles. The van der Waals surface area contributed by atoms with Crippen LogP contribution in [0.1, 0.15) is 32.5 Å². The normalized spacial score (nSPS) is 15.1. The summed E-state index contributed by atoms with van der Waals surface area (Å²) in [6.45, 7) is 2.96. The summed E-state index contributed by atoms with van der Waals surface area (Å²) in [6, 6.07) is 0. The van der Waals surface area contributed by atoms with Crippen molar-refractivity contribution in [3.8, 4) is 0 Å². The lowest BCUT2D eigenvalue weighted by molar-refractivity contribution is -0.149. The zero-order valence-corrected chi connectivity index (χ0v) is 8.89. The van der Waals surface area contributed by atoms with E-state index in [-0.39, 0.29) is 6.54 Å². The van der Waals surface area contributed by atoms with Gasteiger partial charge in [0, 0.05) is 0 Å². The highest BCUT2D eigenvalue weighted by atomic mass is 19.3. The van der Waals surface area contributed by atoms with Gasteiger partial charge in [-0.3, -0.25) is 4.79 Å². The fraction of sp³-hybridized carbons (Fsp3) is 0.750. The average molecular weight is 234 g/mol. The number of carbonyl (C=O) groups is 1. The van der Waals surface area contributed by atoms with Crippen LogP contribution in [0, 0.1) is 5.41 Å². The quantitative estimate of drug-likeness (QED) is 0.825. The Morgan fingerprint density at radius 2 is 2.25 bits per heavy atom. The summed E-state index contributed by atoms with van der Waals surface area (Å²) in [7, 11) is 0. The number of aliphatic carboxylic acids is 1. The average Bonchev–Trinajstić information content (AvgIpc) is 2.65. The largest absolute Gasteiger partial charge is 0.481 e. The molecule has 0 saturated heterocycles. The number of nitrogens with zero attached hydrogens (tertiary/aromatic N) is 4. The summed E-state index contributed by atoms with van der Waals surface area (Å²) < 4.78 is 25.7. The highest BCUT2D eigenvalue weighted by molar-refractivity contribution is 5.73. The van der Waals surface area contributed by atoms with Crippen LogP contribution in [0.4, 0.5) is 8.78 Å². The molecule has 0 fully saturated rings. The van der Waals surface area contributed by atoms with Gasteiger partial charge in [-0.05, 0) is 23.8 Å². The van der Waals surface area contributed by atoms with Crippen LogP contribution in [0.3, 0.4) is 0 Å². The number of tetrazole rings is 1. The van der Waals surface area contributed by atoms with Crippen molar-refractivity contribution in [3.05, 3.63) is 5.82 Å². The fourth-order valence-electron chi connectivity index (χ4n) is 1.14. The van der Waals surface area contributed by atoms with Crippen molar-refractivity contribution < 1.29 is 18.7 Å². The standard InChI is InChI=1S/C8H12F2N4O2/c1-3-8(2,7(15)16)4-14-6(5(9)10)11-12-13-14/h5H,3-4H2,1-2H3,(H,15,16). The molecule has 1 rings (SSSR count). The molecular formula is C8H12F2N4O2. The van der Waals surface area contributed by atoms with E-state index < -0.39 is 23.6 Å². The van der Waals surface area contributed by atoms with Gasteiger partial charge >= 0.3 is 5.97 Å². The van der Waals surface area contributed by atoms with Gasteiger partial charge in [-0.25, -0.2) is 13.5 Å². The van der Waals surface area contributed by atoms with Crippen LogP contribution in [-0.2, 0) is 11.3 Å². The van der Waals surface area contributed by atoms with E-state index in [0.29, 0.717) is 6.42 Å². The van der Waals surface area contributed by atoms with Crippen LogP contribution in [0.5, 0.6) is 0 Å². The highest BCUT2D eigenvalue weighted by Crippen LogP contribution is 2.25. The fourth-order valence-corrected chi connectivity index (χ4v) is 1.14. The summed E-state index contributed by atoms with van der Waals surface area (Å²) in [5, 5.41) is 18.6. The van der Waals surface area contributed by atoms with Gasteiger partial charge in [-0.15, -0.1) is 5.10 Å². The van der Waals surface area contributed by atoms with Crippen molar-refractivity contribution in [2.45, 2.75) is 33.2 Å². The molecule has 1 atom stereocenters. The van der Waals surface area contributed by atoms with Crippen LogP contribution < -0.4 is 0 Å². The third kappa shape index (κ3) is 2.31. The van der Waals surface area contributed by atoms with Crippen LogP contribution >= 0.6 is 0 Å². The molecule has 8 heteroatoms. The lowest BCUT2D eigenvalue weighted by atomic mass is 9.88. The number of hydrogen-bond acceptors (Lipinski definition) is 4. The third-order valence-electron chi connectivity index (χ3n) is 2.55. The minimum atomic E-state index is -2.81. The Labute approximate surface area is 90.3 Å². The van der Waals surface area contributed by atoms with Crippen molar-refractivity contribution in [1.29, 1.82) is 0 Å². The Morgan fingerprint density at radius 1 is 1.62 bits per heavy atom. The van der Waals surface area contributed by atoms with Gasteiger partial charge in [0.15, 0.2) is 0 Å². The van der Waals surface area contributed by atoms with E-state index in [1.54, 1.807) is 6.92 Å². The lowest BCUT2D eigenvalue weighted by Gasteiger charge is -2.22. The molecule has 1 unspecified atom stereocenters. The number of hydrogen-bond donors (Lipinski definition) is 1. The minimum absolute atomic E-state index is 0.175. The summed E-state index contributed by atoms with van der Waals surface area (Å²) in [5.41, 5.74) is -1.15. The molecule has 16 heavy (non-hydrogen) atoms. The maximum absolute atomic E-state index is 12.4. The molecule has 1 aromatic heterocycles. The van der Waals surface area contributed by atoms with Crippen molar-refractivity contribution >= 4 is 5.97 Å². The molecule has 1 heterocycles. The zero-order chi connectivity index (χ0) is 12.3. The van der Waals surface area contributed by atoms with Crippen LogP contribution in [0.15, 0.2) is 0 Å². The number of carboxylic acid groups (broad SMARTS) is 1. The molecule has 1 N–H and O–H groups in total. The minimum Gasteiger partial charge on any atom is -0.481 e. The predicted molar refractivity (Wildman–Crippen MR) is 48.8 cm³/mol. The molecule has 0 aromatic carbocycles. The lowest BCUT2D eigenvalue weighted by Crippen LogP contribution is -2.33. The van der Waals surface area contributed by atoms with Crippen molar-refractivity contribution in [2.24, 2.45) is 5.41 Å². The Balaban J connectivity index is 2.95. The molecule has 0 bridgehead atoms. The monoisotopic (exact) mass is 234 g/mol. The van der Waals surface area contributed by atoms with Gasteiger partial charge in [-0.1, -0.05) is 6.92 Å². The van der Waals surface area contributed by atoms with Gasteiger partial charge in [0.1, 0.15) is 0 Å². The Kier molecular flexibility index (Phi) is 3.51. The summed E-state index contributed by atoms with van der Waals surface area (Å²) in [5.74, 6) is -1.67. The number of halogens is 2. The van der Waals surface area contributed by atoms with E-state index in [9.17, 15) is 13.6 Å². The van der Waals surface area contributed by atoms with E-state index in [1.165, 1.54) is 6.92 Å². The van der Waals surface area contributed by atoms with Crippen molar-refractivity contribution in [1.82, 2.24) is 20.2 Å². The first-order valence-electron chi connectivity index (χ1n) is 4.68. The SMILES string of the molecule is CCC(C)(Cn1nnnc1C(F)F)C(=O)O. The first-order chi connectivity index (χ1) is 7.40. The van der Waals surface area contributed by atoms with Gasteiger partial charge in [0.2, 0.25) is 5.82 Å². The molecule has 0 spiro atoms. The van der Waals surface area contributed by atoms with Gasteiger partial charge in [0.05, 0.1) is 12.0 Å². The summed E-state index contributed by atoms with van der Waals surface area (Å²) in [6.07, 6.45) is -2.52. The van der Waals surface area contributed by atoms with Gasteiger partial charge < -0.3 is 5.11 Å². The van der Waals surface area contributed by atoms with E-state index in [4.69, 9.17) is 5.11 Å². The maximum Gasteiger partial charge on any atom is 0.311 e. The second-order valence-electron chi connectivity index (χ2n) is 3.71. The number of rotatable bonds is 5. The second kappa shape index (κ2) is 4.50. The number of alkyl halides is 2. The first kappa shape index (κ1) is 12.5.